The molecule has 0 spiro atoms. The first-order valence-electron chi connectivity index (χ1n) is 12.8. The van der Waals surface area contributed by atoms with Gasteiger partial charge in [-0.1, -0.05) is 25.3 Å². The highest BCUT2D eigenvalue weighted by Gasteiger charge is 2.26. The molecule has 1 saturated heterocycles. The molecule has 2 N–H and O–H groups in total. The summed E-state index contributed by atoms with van der Waals surface area (Å²) in [5.41, 5.74) is 4.11. The van der Waals surface area contributed by atoms with Crippen LogP contribution < -0.4 is 10.6 Å². The number of carbonyl (C=O) groups excluding carboxylic acids is 2. The molecule has 2 fully saturated rings. The van der Waals surface area contributed by atoms with E-state index in [1.807, 2.05) is 24.3 Å². The van der Waals surface area contributed by atoms with Gasteiger partial charge in [-0.25, -0.2) is 4.98 Å². The van der Waals surface area contributed by atoms with Gasteiger partial charge in [0.2, 0.25) is 11.8 Å². The SMILES string of the molecule is Cc1ccc2nc(-c3ccc(NC(=O)CN4CCC(NC(=O)C5CCCCC5)CC4)cc3)sc2c1. The second-order valence-corrected chi connectivity index (χ2v) is 11.0. The van der Waals surface area contributed by atoms with Crippen molar-refractivity contribution in [1.29, 1.82) is 0 Å². The summed E-state index contributed by atoms with van der Waals surface area (Å²) in [6, 6.07) is 14.5. The van der Waals surface area contributed by atoms with E-state index in [0.717, 1.165) is 60.5 Å². The number of piperidine rings is 1. The molecule has 0 radical (unpaired) electrons. The summed E-state index contributed by atoms with van der Waals surface area (Å²) in [4.78, 5) is 32.0. The van der Waals surface area contributed by atoms with E-state index in [1.165, 1.54) is 29.5 Å². The molecular formula is C28H34N4O2S. The molecule has 1 aromatic heterocycles. The zero-order valence-corrected chi connectivity index (χ0v) is 21.2. The van der Waals surface area contributed by atoms with E-state index in [0.29, 0.717) is 6.54 Å². The van der Waals surface area contributed by atoms with Crippen molar-refractivity contribution in [3.8, 4) is 10.6 Å². The number of rotatable bonds is 6. The largest absolute Gasteiger partial charge is 0.353 e. The van der Waals surface area contributed by atoms with Crippen LogP contribution in [0.4, 0.5) is 5.69 Å². The fourth-order valence-electron chi connectivity index (χ4n) is 5.17. The predicted molar refractivity (Wildman–Crippen MR) is 143 cm³/mol. The zero-order valence-electron chi connectivity index (χ0n) is 20.4. The Morgan fingerprint density at radius 3 is 2.49 bits per heavy atom. The van der Waals surface area contributed by atoms with Gasteiger partial charge in [-0.3, -0.25) is 14.5 Å². The molecule has 0 unspecified atom stereocenters. The maximum Gasteiger partial charge on any atom is 0.238 e. The van der Waals surface area contributed by atoms with Crippen LogP contribution in [0.1, 0.15) is 50.5 Å². The highest BCUT2D eigenvalue weighted by Crippen LogP contribution is 2.31. The van der Waals surface area contributed by atoms with Crippen molar-refractivity contribution >= 4 is 39.1 Å². The normalized spacial score (nSPS) is 18.0. The number of anilines is 1. The number of carbonyl (C=O) groups is 2. The first-order valence-corrected chi connectivity index (χ1v) is 13.7. The van der Waals surface area contributed by atoms with E-state index in [9.17, 15) is 9.59 Å². The fraction of sp³-hybridized carbons (Fsp3) is 0.464. The number of benzene rings is 2. The number of aromatic nitrogens is 1. The van der Waals surface area contributed by atoms with Gasteiger partial charge in [-0.2, -0.15) is 0 Å². The topological polar surface area (TPSA) is 74.3 Å². The third kappa shape index (κ3) is 6.08. The van der Waals surface area contributed by atoms with E-state index in [4.69, 9.17) is 4.98 Å². The van der Waals surface area contributed by atoms with Crippen LogP contribution >= 0.6 is 11.3 Å². The highest BCUT2D eigenvalue weighted by atomic mass is 32.1. The Morgan fingerprint density at radius 1 is 1.00 bits per heavy atom. The van der Waals surface area contributed by atoms with Crippen molar-refractivity contribution in [1.82, 2.24) is 15.2 Å². The van der Waals surface area contributed by atoms with Crippen LogP contribution in [0.25, 0.3) is 20.8 Å². The van der Waals surface area contributed by atoms with Crippen LogP contribution in [0.15, 0.2) is 42.5 Å². The first kappa shape index (κ1) is 23.9. The molecule has 5 rings (SSSR count). The molecular weight excluding hydrogens is 456 g/mol. The quantitative estimate of drug-likeness (QED) is 0.487. The fourth-order valence-corrected chi connectivity index (χ4v) is 6.24. The molecule has 184 valence electrons. The second-order valence-electron chi connectivity index (χ2n) is 10.0. The molecule has 0 atom stereocenters. The summed E-state index contributed by atoms with van der Waals surface area (Å²) in [6.07, 6.45) is 7.49. The van der Waals surface area contributed by atoms with Crippen LogP contribution in [0.2, 0.25) is 0 Å². The Morgan fingerprint density at radius 2 is 1.74 bits per heavy atom. The highest BCUT2D eigenvalue weighted by molar-refractivity contribution is 7.21. The Labute approximate surface area is 211 Å². The van der Waals surface area contributed by atoms with E-state index in [1.54, 1.807) is 11.3 Å². The summed E-state index contributed by atoms with van der Waals surface area (Å²) >= 11 is 1.69. The lowest BCUT2D eigenvalue weighted by Gasteiger charge is -2.33. The standard InChI is InChI=1S/C28H34N4O2S/c1-19-7-12-24-25(17-19)35-28(31-24)21-8-10-22(11-9-21)29-26(33)18-32-15-13-23(14-16-32)30-27(34)20-5-3-2-4-6-20/h7-12,17,20,23H,2-6,13-16,18H2,1H3,(H,29,33)(H,30,34). The number of thiazole rings is 1. The van der Waals surface area contributed by atoms with Crippen LogP contribution in [0, 0.1) is 12.8 Å². The van der Waals surface area contributed by atoms with E-state index in [2.05, 4.69) is 40.7 Å². The number of aryl methyl sites for hydroxylation is 1. The van der Waals surface area contributed by atoms with Crippen molar-refractivity contribution < 1.29 is 9.59 Å². The maximum atomic E-state index is 12.6. The van der Waals surface area contributed by atoms with Crippen molar-refractivity contribution in [3.63, 3.8) is 0 Å². The molecule has 2 heterocycles. The second kappa shape index (κ2) is 10.9. The summed E-state index contributed by atoms with van der Waals surface area (Å²) in [6.45, 7) is 4.13. The molecule has 7 heteroatoms. The van der Waals surface area contributed by atoms with E-state index in [-0.39, 0.29) is 23.8 Å². The van der Waals surface area contributed by atoms with Crippen LogP contribution in [0.3, 0.4) is 0 Å². The lowest BCUT2D eigenvalue weighted by Crippen LogP contribution is -2.48. The number of hydrogen-bond acceptors (Lipinski definition) is 5. The average molecular weight is 491 g/mol. The average Bonchev–Trinajstić information content (AvgIpc) is 3.29. The van der Waals surface area contributed by atoms with Crippen molar-refractivity contribution in [2.75, 3.05) is 25.0 Å². The van der Waals surface area contributed by atoms with Gasteiger partial charge in [0, 0.05) is 36.3 Å². The van der Waals surface area contributed by atoms with Gasteiger partial charge < -0.3 is 10.6 Å². The van der Waals surface area contributed by atoms with Crippen LogP contribution in [0.5, 0.6) is 0 Å². The number of nitrogens with one attached hydrogen (secondary N) is 2. The molecule has 35 heavy (non-hydrogen) atoms. The van der Waals surface area contributed by atoms with Gasteiger partial charge in [0.25, 0.3) is 0 Å². The van der Waals surface area contributed by atoms with Gasteiger partial charge in [0.05, 0.1) is 16.8 Å². The Balaban J connectivity index is 1.08. The number of hydrogen-bond donors (Lipinski definition) is 2. The predicted octanol–water partition coefficient (Wildman–Crippen LogP) is 5.37. The maximum absolute atomic E-state index is 12.6. The van der Waals surface area contributed by atoms with E-state index < -0.39 is 0 Å². The summed E-state index contributed by atoms with van der Waals surface area (Å²) in [7, 11) is 0. The first-order chi connectivity index (χ1) is 17.0. The van der Waals surface area contributed by atoms with E-state index >= 15 is 0 Å². The van der Waals surface area contributed by atoms with Gasteiger partial charge in [0.15, 0.2) is 0 Å². The zero-order chi connectivity index (χ0) is 24.2. The molecule has 3 aromatic rings. The summed E-state index contributed by atoms with van der Waals surface area (Å²) in [5.74, 6) is 0.445. The molecule has 0 bridgehead atoms. The van der Waals surface area contributed by atoms with Gasteiger partial charge in [-0.05, 0) is 74.6 Å². The molecule has 1 aliphatic carbocycles. The minimum atomic E-state index is -0.00194. The van der Waals surface area contributed by atoms with Crippen LogP contribution in [-0.2, 0) is 9.59 Å². The lowest BCUT2D eigenvalue weighted by molar-refractivity contribution is -0.127. The number of likely N-dealkylation sites (tertiary alicyclic amines) is 1. The Bertz CT molecular complexity index is 1180. The molecule has 1 saturated carbocycles. The number of fused-ring (bicyclic) bond motifs is 1. The molecule has 2 aliphatic rings. The molecule has 6 nitrogen and oxygen atoms in total. The minimum Gasteiger partial charge on any atom is -0.353 e. The number of nitrogens with zero attached hydrogens (tertiary/aromatic N) is 2. The summed E-state index contributed by atoms with van der Waals surface area (Å²) in [5, 5.41) is 7.27. The lowest BCUT2D eigenvalue weighted by atomic mass is 9.88. The van der Waals surface area contributed by atoms with Crippen molar-refractivity contribution in [2.45, 2.75) is 57.9 Å². The van der Waals surface area contributed by atoms with Crippen LogP contribution in [-0.4, -0.2) is 47.4 Å². The molecule has 2 aromatic carbocycles. The monoisotopic (exact) mass is 490 g/mol. The molecule has 1 aliphatic heterocycles. The van der Waals surface area contributed by atoms with Crippen molar-refractivity contribution in [3.05, 3.63) is 48.0 Å². The summed E-state index contributed by atoms with van der Waals surface area (Å²) < 4.78 is 1.19. The third-order valence-corrected chi connectivity index (χ3v) is 8.30. The Kier molecular flexibility index (Phi) is 7.44. The van der Waals surface area contributed by atoms with Gasteiger partial charge in [0.1, 0.15) is 5.01 Å². The Hall–Kier alpha value is -2.77. The smallest absolute Gasteiger partial charge is 0.238 e. The van der Waals surface area contributed by atoms with Crippen molar-refractivity contribution in [2.24, 2.45) is 5.92 Å². The molecule has 2 amide bonds. The van der Waals surface area contributed by atoms with Gasteiger partial charge in [-0.15, -0.1) is 11.3 Å². The van der Waals surface area contributed by atoms with Gasteiger partial charge >= 0.3 is 0 Å². The number of amides is 2. The minimum absolute atomic E-state index is 0.00194. The third-order valence-electron chi connectivity index (χ3n) is 7.24.